The molecule has 198 valence electrons. The van der Waals surface area contributed by atoms with Gasteiger partial charge in [0.2, 0.25) is 5.78 Å². The fraction of sp³-hybridized carbons (Fsp3) is 0.536. The number of carbonyl (C=O) groups is 3. The summed E-state index contributed by atoms with van der Waals surface area (Å²) in [7, 11) is 3.76. The van der Waals surface area contributed by atoms with Crippen LogP contribution in [0.2, 0.25) is 0 Å². The van der Waals surface area contributed by atoms with E-state index in [-0.39, 0.29) is 35.3 Å². The summed E-state index contributed by atoms with van der Waals surface area (Å²) >= 11 is 0. The molecule has 1 unspecified atom stereocenters. The van der Waals surface area contributed by atoms with Crippen LogP contribution in [0.3, 0.4) is 0 Å². The zero-order chi connectivity index (χ0) is 26.8. The molecule has 37 heavy (non-hydrogen) atoms. The Morgan fingerprint density at radius 3 is 2.49 bits per heavy atom. The summed E-state index contributed by atoms with van der Waals surface area (Å²) in [5.74, 6) is -4.54. The minimum absolute atomic E-state index is 0.0659. The number of hydrogen-bond acceptors (Lipinski definition) is 8. The summed E-state index contributed by atoms with van der Waals surface area (Å²) in [5, 5.41) is 37.6. The molecule has 0 aromatic heterocycles. The third-order valence-corrected chi connectivity index (χ3v) is 8.79. The number of rotatable bonds is 5. The number of anilines is 1. The van der Waals surface area contributed by atoms with Crippen LogP contribution in [0.5, 0.6) is 5.75 Å². The maximum Gasteiger partial charge on any atom is 0.252 e. The largest absolute Gasteiger partial charge is 0.508 e. The highest BCUT2D eigenvalue weighted by Crippen LogP contribution is 2.52. The number of allylic oxidation sites excluding steroid dienone is 2. The Balaban J connectivity index is 1.61. The van der Waals surface area contributed by atoms with Gasteiger partial charge in [-0.1, -0.05) is 18.4 Å². The van der Waals surface area contributed by atoms with Crippen molar-refractivity contribution in [3.8, 4) is 5.75 Å². The molecule has 6 N–H and O–H groups in total. The van der Waals surface area contributed by atoms with Crippen LogP contribution in [0.25, 0.3) is 0 Å². The van der Waals surface area contributed by atoms with E-state index in [2.05, 4.69) is 5.32 Å². The monoisotopic (exact) mass is 509 g/mol. The summed E-state index contributed by atoms with van der Waals surface area (Å²) in [5.41, 5.74) is 5.28. The number of nitrogens with one attached hydrogen (secondary N) is 1. The molecular formula is C28H35N3O6. The Morgan fingerprint density at radius 1 is 1.19 bits per heavy atom. The molecule has 1 fully saturated rings. The van der Waals surface area contributed by atoms with Crippen LogP contribution in [0.1, 0.15) is 66.9 Å². The van der Waals surface area contributed by atoms with E-state index in [4.69, 9.17) is 5.73 Å². The summed E-state index contributed by atoms with van der Waals surface area (Å²) in [6.45, 7) is 2.02. The Hall–Kier alpha value is -3.17. The molecule has 1 aromatic carbocycles. The topological polar surface area (TPSA) is 153 Å². The van der Waals surface area contributed by atoms with Gasteiger partial charge in [0, 0.05) is 49.4 Å². The molecule has 0 spiro atoms. The third-order valence-electron chi connectivity index (χ3n) is 8.79. The molecule has 1 amide bonds. The van der Waals surface area contributed by atoms with E-state index in [1.807, 2.05) is 25.1 Å². The fourth-order valence-corrected chi connectivity index (χ4v) is 6.91. The number of primary amides is 1. The molecule has 0 radical (unpaired) electrons. The van der Waals surface area contributed by atoms with Crippen LogP contribution in [0.15, 0.2) is 28.5 Å². The number of nitrogens with two attached hydrogens (primary N) is 1. The number of amides is 1. The van der Waals surface area contributed by atoms with Crippen LogP contribution in [0, 0.1) is 11.8 Å². The number of carbonyl (C=O) groups excluding carboxylic acids is 3. The SMILES string of the molecule is CC1=C(C(N)=O)C(=O)[C@@]2(O)C(O)=C3C(=O)c4c(O)c(CNC5CCCC5)cc(N(C)C)c4CC3C[C@H]2C1. The summed E-state index contributed by atoms with van der Waals surface area (Å²) in [6.07, 6.45) is 5.31. The normalized spacial score (nSPS) is 27.8. The maximum atomic E-state index is 13.9. The number of phenols is 1. The Kier molecular flexibility index (Phi) is 6.19. The number of aromatic hydroxyl groups is 1. The number of Topliss-reactive ketones (excluding diaryl/α,β-unsaturated/α-hetero) is 2. The predicted molar refractivity (Wildman–Crippen MR) is 137 cm³/mol. The zero-order valence-electron chi connectivity index (χ0n) is 21.6. The van der Waals surface area contributed by atoms with Crippen molar-refractivity contribution in [3.05, 3.63) is 45.2 Å². The van der Waals surface area contributed by atoms with E-state index in [1.54, 1.807) is 6.92 Å². The van der Waals surface area contributed by atoms with E-state index in [0.29, 0.717) is 35.7 Å². The first-order valence-corrected chi connectivity index (χ1v) is 13.0. The van der Waals surface area contributed by atoms with Crippen LogP contribution in [0.4, 0.5) is 5.69 Å². The average Bonchev–Trinajstić information content (AvgIpc) is 3.34. The van der Waals surface area contributed by atoms with Crippen LogP contribution in [-0.2, 0) is 22.6 Å². The zero-order valence-corrected chi connectivity index (χ0v) is 21.6. The van der Waals surface area contributed by atoms with Crippen molar-refractivity contribution in [2.75, 3.05) is 19.0 Å². The predicted octanol–water partition coefficient (Wildman–Crippen LogP) is 2.18. The van der Waals surface area contributed by atoms with Gasteiger partial charge < -0.3 is 31.3 Å². The van der Waals surface area contributed by atoms with Gasteiger partial charge in [-0.15, -0.1) is 0 Å². The molecule has 1 saturated carbocycles. The molecule has 0 bridgehead atoms. The van der Waals surface area contributed by atoms with Crippen molar-refractivity contribution in [3.63, 3.8) is 0 Å². The lowest BCUT2D eigenvalue weighted by atomic mass is 9.59. The summed E-state index contributed by atoms with van der Waals surface area (Å²) in [4.78, 5) is 41.1. The van der Waals surface area contributed by atoms with Crippen molar-refractivity contribution >= 4 is 23.2 Å². The Bertz CT molecular complexity index is 1270. The van der Waals surface area contributed by atoms with Gasteiger partial charge in [0.15, 0.2) is 11.4 Å². The minimum atomic E-state index is -2.40. The van der Waals surface area contributed by atoms with Crippen molar-refractivity contribution in [2.24, 2.45) is 17.6 Å². The molecule has 5 rings (SSSR count). The number of fused-ring (bicyclic) bond motifs is 3. The number of aliphatic hydroxyl groups excluding tert-OH is 1. The van der Waals surface area contributed by atoms with Crippen LogP contribution < -0.4 is 16.0 Å². The van der Waals surface area contributed by atoms with Crippen molar-refractivity contribution in [1.29, 1.82) is 0 Å². The quantitative estimate of drug-likeness (QED) is 0.379. The molecule has 4 aliphatic carbocycles. The second kappa shape index (κ2) is 8.99. The highest BCUT2D eigenvalue weighted by molar-refractivity contribution is 6.24. The van der Waals surface area contributed by atoms with Gasteiger partial charge in [0.05, 0.1) is 11.1 Å². The molecule has 0 saturated heterocycles. The first-order chi connectivity index (χ1) is 17.5. The van der Waals surface area contributed by atoms with Gasteiger partial charge in [-0.25, -0.2) is 0 Å². The standard InChI is InChI=1S/C28H35N3O6/c1-13-8-16-9-14-10-18-19(31(2)3)11-15(12-30-17-6-4-5-7-17)23(32)22(18)24(33)21(14)26(35)28(16,37)25(34)20(13)27(29)36/h11,14,16-17,30,32,35,37H,4-10,12H2,1-3H3,(H2,29,36)/t14?,16-,28-/m1/s1. The highest BCUT2D eigenvalue weighted by Gasteiger charge is 2.59. The molecule has 4 aliphatic rings. The molecule has 9 nitrogen and oxygen atoms in total. The van der Waals surface area contributed by atoms with Gasteiger partial charge in [0.1, 0.15) is 11.5 Å². The molecular weight excluding hydrogens is 474 g/mol. The van der Waals surface area contributed by atoms with Crippen molar-refractivity contribution in [2.45, 2.75) is 70.1 Å². The first-order valence-electron chi connectivity index (χ1n) is 13.0. The second-order valence-corrected chi connectivity index (χ2v) is 11.3. The fourth-order valence-electron chi connectivity index (χ4n) is 6.91. The van der Waals surface area contributed by atoms with E-state index in [9.17, 15) is 29.7 Å². The smallest absolute Gasteiger partial charge is 0.252 e. The maximum absolute atomic E-state index is 13.9. The number of nitrogens with zero attached hydrogens (tertiary/aromatic N) is 1. The summed E-state index contributed by atoms with van der Waals surface area (Å²) < 4.78 is 0. The minimum Gasteiger partial charge on any atom is -0.508 e. The van der Waals surface area contributed by atoms with E-state index >= 15 is 0 Å². The van der Waals surface area contributed by atoms with Gasteiger partial charge in [-0.2, -0.15) is 0 Å². The molecule has 0 heterocycles. The van der Waals surface area contributed by atoms with E-state index < -0.39 is 40.7 Å². The lowest BCUT2D eigenvalue weighted by molar-refractivity contribution is -0.143. The lowest BCUT2D eigenvalue weighted by Gasteiger charge is -2.46. The number of phenolic OH excluding ortho intramolecular Hbond substituents is 1. The summed E-state index contributed by atoms with van der Waals surface area (Å²) in [6, 6.07) is 2.27. The van der Waals surface area contributed by atoms with Gasteiger partial charge in [-0.05, 0) is 56.6 Å². The van der Waals surface area contributed by atoms with Gasteiger partial charge in [-0.3, -0.25) is 14.4 Å². The number of ketones is 2. The average molecular weight is 510 g/mol. The van der Waals surface area contributed by atoms with Crippen LogP contribution >= 0.6 is 0 Å². The molecule has 3 atom stereocenters. The first kappa shape index (κ1) is 25.5. The number of benzene rings is 1. The van der Waals surface area contributed by atoms with Crippen LogP contribution in [-0.4, -0.2) is 58.5 Å². The second-order valence-electron chi connectivity index (χ2n) is 11.3. The van der Waals surface area contributed by atoms with Gasteiger partial charge >= 0.3 is 0 Å². The number of hydrogen-bond donors (Lipinski definition) is 5. The van der Waals surface area contributed by atoms with E-state index in [1.165, 1.54) is 12.8 Å². The molecule has 1 aromatic rings. The Morgan fingerprint density at radius 2 is 1.86 bits per heavy atom. The van der Waals surface area contributed by atoms with Crippen molar-refractivity contribution < 1.29 is 29.7 Å². The number of aliphatic hydroxyl groups is 2. The third kappa shape index (κ3) is 3.78. The van der Waals surface area contributed by atoms with Crippen molar-refractivity contribution in [1.82, 2.24) is 5.32 Å². The Labute approximate surface area is 216 Å². The lowest BCUT2D eigenvalue weighted by Crippen LogP contribution is -2.57. The van der Waals surface area contributed by atoms with Gasteiger partial charge in [0.25, 0.3) is 5.91 Å². The molecule has 9 heteroatoms. The highest BCUT2D eigenvalue weighted by atomic mass is 16.3. The molecule has 0 aliphatic heterocycles. The van der Waals surface area contributed by atoms with E-state index in [0.717, 1.165) is 18.5 Å².